The third-order valence-corrected chi connectivity index (χ3v) is 3.32. The predicted molar refractivity (Wildman–Crippen MR) is 66.3 cm³/mol. The molecule has 18 heavy (non-hydrogen) atoms. The maximum absolute atomic E-state index is 13.1. The summed E-state index contributed by atoms with van der Waals surface area (Å²) in [7, 11) is 0. The second kappa shape index (κ2) is 7.01. The molecular formula is C12H17F3O2S. The Morgan fingerprint density at radius 1 is 0.944 bits per heavy atom. The lowest BCUT2D eigenvalue weighted by atomic mass is 10.1. The SMILES string of the molecule is CCOCc1cccc(COCC)c1S(F)(F)F. The number of halogens is 3. The van der Waals surface area contributed by atoms with Gasteiger partial charge in [0.05, 0.1) is 18.1 Å². The molecule has 0 atom stereocenters. The fraction of sp³-hybridized carbons (Fsp3) is 0.500. The Labute approximate surface area is 107 Å². The molecule has 0 bridgehead atoms. The molecule has 2 nitrogen and oxygen atoms in total. The Bertz CT molecular complexity index is 354. The summed E-state index contributed by atoms with van der Waals surface area (Å²) in [4.78, 5) is -0.549. The van der Waals surface area contributed by atoms with Crippen molar-refractivity contribution in [3.8, 4) is 0 Å². The van der Waals surface area contributed by atoms with E-state index in [0.29, 0.717) is 13.2 Å². The highest BCUT2D eigenvalue weighted by atomic mass is 32.3. The van der Waals surface area contributed by atoms with Crippen LogP contribution in [0.3, 0.4) is 0 Å². The molecule has 0 fully saturated rings. The number of rotatable bonds is 7. The highest BCUT2D eigenvalue weighted by Gasteiger charge is 2.30. The van der Waals surface area contributed by atoms with Gasteiger partial charge in [0.15, 0.2) is 0 Å². The lowest BCUT2D eigenvalue weighted by molar-refractivity contribution is 0.126. The fourth-order valence-corrected chi connectivity index (χ4v) is 2.44. The van der Waals surface area contributed by atoms with Gasteiger partial charge in [-0.05, 0) is 25.0 Å². The molecule has 0 aromatic heterocycles. The highest BCUT2D eigenvalue weighted by Crippen LogP contribution is 2.63. The van der Waals surface area contributed by atoms with E-state index in [2.05, 4.69) is 0 Å². The molecule has 0 spiro atoms. The van der Waals surface area contributed by atoms with Crippen LogP contribution in [0.2, 0.25) is 0 Å². The molecule has 104 valence electrons. The average molecular weight is 282 g/mol. The van der Waals surface area contributed by atoms with Crippen molar-refractivity contribution >= 4 is 11.2 Å². The summed E-state index contributed by atoms with van der Waals surface area (Å²) in [5, 5.41) is 0. The highest BCUT2D eigenvalue weighted by molar-refractivity contribution is 8.21. The van der Waals surface area contributed by atoms with E-state index in [-0.39, 0.29) is 24.3 Å². The molecule has 0 aliphatic heterocycles. The second-order valence-corrected chi connectivity index (χ2v) is 4.81. The first-order chi connectivity index (χ1) is 8.50. The first-order valence-corrected chi connectivity index (χ1v) is 7.02. The van der Waals surface area contributed by atoms with Gasteiger partial charge in [-0.15, -0.1) is 11.7 Å². The summed E-state index contributed by atoms with van der Waals surface area (Å²) in [5.41, 5.74) is 0.383. The van der Waals surface area contributed by atoms with Crippen molar-refractivity contribution in [2.24, 2.45) is 0 Å². The van der Waals surface area contributed by atoms with Crippen LogP contribution in [-0.2, 0) is 22.7 Å². The molecule has 6 heteroatoms. The van der Waals surface area contributed by atoms with E-state index in [1.807, 2.05) is 0 Å². The second-order valence-electron chi connectivity index (χ2n) is 3.59. The zero-order valence-corrected chi connectivity index (χ0v) is 11.2. The predicted octanol–water partition coefficient (Wildman–Crippen LogP) is 4.58. The number of hydrogen-bond acceptors (Lipinski definition) is 2. The summed E-state index contributed by atoms with van der Waals surface area (Å²) in [6.45, 7) is 4.26. The average Bonchev–Trinajstić information content (AvgIpc) is 2.32. The molecule has 0 aliphatic carbocycles. The molecule has 0 aliphatic rings. The summed E-state index contributed by atoms with van der Waals surface area (Å²) >= 11 is -5.28. The Morgan fingerprint density at radius 3 is 1.72 bits per heavy atom. The summed E-state index contributed by atoms with van der Waals surface area (Å²) < 4.78 is 49.6. The lowest BCUT2D eigenvalue weighted by Gasteiger charge is -2.19. The van der Waals surface area contributed by atoms with Crippen molar-refractivity contribution in [3.63, 3.8) is 0 Å². The van der Waals surface area contributed by atoms with Gasteiger partial charge in [0, 0.05) is 13.2 Å². The standard InChI is InChI=1S/C12H17F3O2S/c1-3-16-8-10-6-5-7-11(9-17-4-2)12(10)18(13,14)15/h5-7H,3-4,8-9H2,1-2H3. The van der Waals surface area contributed by atoms with Gasteiger partial charge in [-0.25, -0.2) is 0 Å². The number of benzene rings is 1. The molecule has 0 unspecified atom stereocenters. The third-order valence-electron chi connectivity index (χ3n) is 2.33. The normalized spacial score (nSPS) is 12.7. The van der Waals surface area contributed by atoms with Crippen molar-refractivity contribution in [1.29, 1.82) is 0 Å². The minimum Gasteiger partial charge on any atom is -0.377 e. The van der Waals surface area contributed by atoms with E-state index in [1.54, 1.807) is 19.9 Å². The molecule has 0 amide bonds. The smallest absolute Gasteiger partial charge is 0.238 e. The van der Waals surface area contributed by atoms with Crippen LogP contribution in [0.15, 0.2) is 23.1 Å². The van der Waals surface area contributed by atoms with Crippen molar-refractivity contribution in [1.82, 2.24) is 0 Å². The Kier molecular flexibility index (Phi) is 5.98. The maximum atomic E-state index is 13.1. The third kappa shape index (κ3) is 4.19. The van der Waals surface area contributed by atoms with Gasteiger partial charge in [0.2, 0.25) is 11.2 Å². The first-order valence-electron chi connectivity index (χ1n) is 5.69. The van der Waals surface area contributed by atoms with Crippen LogP contribution in [0, 0.1) is 0 Å². The van der Waals surface area contributed by atoms with E-state index in [4.69, 9.17) is 9.47 Å². The van der Waals surface area contributed by atoms with E-state index < -0.39 is 16.1 Å². The van der Waals surface area contributed by atoms with Crippen LogP contribution in [0.1, 0.15) is 25.0 Å². The molecule has 0 saturated carbocycles. The Balaban J connectivity index is 3.09. The molecule has 1 aromatic carbocycles. The molecule has 1 rings (SSSR count). The molecule has 0 N–H and O–H groups in total. The van der Waals surface area contributed by atoms with Gasteiger partial charge >= 0.3 is 0 Å². The van der Waals surface area contributed by atoms with Gasteiger partial charge in [-0.3, -0.25) is 0 Å². The molecule has 0 heterocycles. The quantitative estimate of drug-likeness (QED) is 0.729. The van der Waals surface area contributed by atoms with Crippen LogP contribution in [0.4, 0.5) is 11.7 Å². The van der Waals surface area contributed by atoms with Gasteiger partial charge in [0.1, 0.15) is 0 Å². The van der Waals surface area contributed by atoms with Crippen molar-refractivity contribution in [3.05, 3.63) is 29.3 Å². The molecule has 0 radical (unpaired) electrons. The van der Waals surface area contributed by atoms with Crippen molar-refractivity contribution < 1.29 is 21.1 Å². The van der Waals surface area contributed by atoms with Crippen LogP contribution < -0.4 is 0 Å². The minimum absolute atomic E-state index is 0.0156. The van der Waals surface area contributed by atoms with Crippen LogP contribution in [0.25, 0.3) is 0 Å². The van der Waals surface area contributed by atoms with E-state index in [1.165, 1.54) is 12.1 Å². The Hall–Kier alpha value is -0.720. The van der Waals surface area contributed by atoms with E-state index in [9.17, 15) is 11.7 Å². The van der Waals surface area contributed by atoms with Crippen LogP contribution in [0.5, 0.6) is 0 Å². The van der Waals surface area contributed by atoms with Gasteiger partial charge in [-0.2, -0.15) is 0 Å². The van der Waals surface area contributed by atoms with Gasteiger partial charge in [0.25, 0.3) is 0 Å². The topological polar surface area (TPSA) is 18.5 Å². The monoisotopic (exact) mass is 282 g/mol. The van der Waals surface area contributed by atoms with Crippen molar-refractivity contribution in [2.45, 2.75) is 32.0 Å². The van der Waals surface area contributed by atoms with E-state index in [0.717, 1.165) is 0 Å². The molecular weight excluding hydrogens is 265 g/mol. The minimum atomic E-state index is -5.28. The summed E-state index contributed by atoms with van der Waals surface area (Å²) in [6, 6.07) is 4.53. The van der Waals surface area contributed by atoms with Crippen LogP contribution in [-0.4, -0.2) is 13.2 Å². The Morgan fingerprint density at radius 2 is 1.39 bits per heavy atom. The zero-order chi connectivity index (χ0) is 13.6. The lowest BCUT2D eigenvalue weighted by Crippen LogP contribution is -2.02. The fourth-order valence-electron chi connectivity index (χ4n) is 1.59. The van der Waals surface area contributed by atoms with Gasteiger partial charge in [-0.1, -0.05) is 18.2 Å². The largest absolute Gasteiger partial charge is 0.377 e. The molecule has 0 saturated heterocycles. The maximum Gasteiger partial charge on any atom is 0.238 e. The zero-order valence-electron chi connectivity index (χ0n) is 10.4. The molecule has 1 aromatic rings. The summed E-state index contributed by atoms with van der Waals surface area (Å²) in [5.74, 6) is 0. The summed E-state index contributed by atoms with van der Waals surface area (Å²) in [6.07, 6.45) is 0. The number of hydrogen-bond donors (Lipinski definition) is 0. The van der Waals surface area contributed by atoms with E-state index >= 15 is 0 Å². The van der Waals surface area contributed by atoms with Crippen LogP contribution >= 0.6 is 11.2 Å². The number of ether oxygens (including phenoxy) is 2. The first kappa shape index (κ1) is 15.3. The van der Waals surface area contributed by atoms with Crippen molar-refractivity contribution in [2.75, 3.05) is 13.2 Å². The van der Waals surface area contributed by atoms with Gasteiger partial charge < -0.3 is 9.47 Å².